The fourth-order valence-corrected chi connectivity index (χ4v) is 4.11. The number of carbonyl (C=O) groups excluding carboxylic acids is 1. The van der Waals surface area contributed by atoms with Crippen LogP contribution in [0.2, 0.25) is 0 Å². The molecule has 5 nitrogen and oxygen atoms in total. The van der Waals surface area contributed by atoms with Crippen molar-refractivity contribution in [3.05, 3.63) is 69.8 Å². The maximum absolute atomic E-state index is 12.9. The standard InChI is InChI=1S/C23H26N4O/c1-13(2)17-6-8-18(9-7-17)19-11-20-22(21(28)12-19)16(5)26-27(20)23-24-14(3)10-15(4)25-23/h6-10,13,19H,11-12H2,1-5H3/t19-/m0/s1. The monoisotopic (exact) mass is 374 g/mol. The van der Waals surface area contributed by atoms with Crippen molar-refractivity contribution in [2.75, 3.05) is 0 Å². The van der Waals surface area contributed by atoms with Crippen molar-refractivity contribution in [2.24, 2.45) is 0 Å². The molecule has 1 aliphatic rings. The van der Waals surface area contributed by atoms with Crippen molar-refractivity contribution in [1.29, 1.82) is 0 Å². The van der Waals surface area contributed by atoms with Crippen molar-refractivity contribution in [3.8, 4) is 5.95 Å². The molecule has 0 unspecified atom stereocenters. The molecule has 2 aromatic heterocycles. The highest BCUT2D eigenvalue weighted by Crippen LogP contribution is 2.35. The second-order valence-corrected chi connectivity index (χ2v) is 8.12. The van der Waals surface area contributed by atoms with Gasteiger partial charge < -0.3 is 0 Å². The molecule has 0 aliphatic heterocycles. The van der Waals surface area contributed by atoms with Crippen molar-refractivity contribution in [2.45, 2.75) is 59.3 Å². The van der Waals surface area contributed by atoms with Crippen molar-refractivity contribution in [3.63, 3.8) is 0 Å². The van der Waals surface area contributed by atoms with Crippen LogP contribution in [0.4, 0.5) is 0 Å². The lowest BCUT2D eigenvalue weighted by Gasteiger charge is -2.23. The Morgan fingerprint density at radius 1 is 1.00 bits per heavy atom. The van der Waals surface area contributed by atoms with Crippen LogP contribution in [0.3, 0.4) is 0 Å². The number of ketones is 1. The second kappa shape index (κ2) is 6.97. The Hall–Kier alpha value is -2.82. The molecule has 1 aliphatic carbocycles. The molecule has 0 saturated heterocycles. The zero-order valence-electron chi connectivity index (χ0n) is 17.2. The number of Topliss-reactive ketones (excluding diaryl/α,β-unsaturated/α-hetero) is 1. The lowest BCUT2D eigenvalue weighted by atomic mass is 9.81. The van der Waals surface area contributed by atoms with E-state index >= 15 is 0 Å². The van der Waals surface area contributed by atoms with Gasteiger partial charge in [0.15, 0.2) is 5.78 Å². The van der Waals surface area contributed by atoms with Gasteiger partial charge in [-0.1, -0.05) is 38.1 Å². The SMILES string of the molecule is Cc1cc(C)nc(-n2nc(C)c3c2C[C@H](c2ccc(C(C)C)cc2)CC3=O)n1. The van der Waals surface area contributed by atoms with Gasteiger partial charge in [0.25, 0.3) is 5.95 Å². The van der Waals surface area contributed by atoms with E-state index in [1.807, 2.05) is 26.8 Å². The van der Waals surface area contributed by atoms with E-state index in [0.29, 0.717) is 18.3 Å². The first-order chi connectivity index (χ1) is 13.3. The third-order valence-electron chi connectivity index (χ3n) is 5.54. The Morgan fingerprint density at radius 2 is 1.64 bits per heavy atom. The molecule has 4 rings (SSSR count). The van der Waals surface area contributed by atoms with Gasteiger partial charge in [0, 0.05) is 17.8 Å². The fraction of sp³-hybridized carbons (Fsp3) is 0.391. The van der Waals surface area contributed by atoms with Crippen LogP contribution < -0.4 is 0 Å². The van der Waals surface area contributed by atoms with Crippen LogP contribution in [-0.2, 0) is 6.42 Å². The second-order valence-electron chi connectivity index (χ2n) is 8.12. The Labute approximate surface area is 165 Å². The highest BCUT2D eigenvalue weighted by Gasteiger charge is 2.32. The molecule has 0 amide bonds. The number of nitrogens with zero attached hydrogens (tertiary/aromatic N) is 4. The molecule has 3 aromatic rings. The number of rotatable bonds is 3. The first kappa shape index (κ1) is 18.5. The van der Waals surface area contributed by atoms with Crippen molar-refractivity contribution in [1.82, 2.24) is 19.7 Å². The Balaban J connectivity index is 1.75. The minimum absolute atomic E-state index is 0.155. The molecule has 0 radical (unpaired) electrons. The van der Waals surface area contributed by atoms with Gasteiger partial charge in [-0.05, 0) is 56.2 Å². The number of aryl methyl sites for hydroxylation is 3. The largest absolute Gasteiger partial charge is 0.294 e. The predicted molar refractivity (Wildman–Crippen MR) is 109 cm³/mol. The molecule has 0 fully saturated rings. The molecule has 28 heavy (non-hydrogen) atoms. The molecule has 1 aromatic carbocycles. The summed E-state index contributed by atoms with van der Waals surface area (Å²) in [5.74, 6) is 1.36. The van der Waals surface area contributed by atoms with Crippen LogP contribution in [0.25, 0.3) is 5.95 Å². The summed E-state index contributed by atoms with van der Waals surface area (Å²) in [7, 11) is 0. The first-order valence-electron chi connectivity index (χ1n) is 9.87. The van der Waals surface area contributed by atoms with E-state index < -0.39 is 0 Å². The van der Waals surface area contributed by atoms with E-state index in [9.17, 15) is 4.79 Å². The number of fused-ring (bicyclic) bond motifs is 1. The quantitative estimate of drug-likeness (QED) is 0.671. The zero-order valence-corrected chi connectivity index (χ0v) is 17.2. The summed E-state index contributed by atoms with van der Waals surface area (Å²) >= 11 is 0. The summed E-state index contributed by atoms with van der Waals surface area (Å²) in [6.45, 7) is 10.2. The summed E-state index contributed by atoms with van der Waals surface area (Å²) in [5.41, 5.74) is 6.75. The number of aromatic nitrogens is 4. The van der Waals surface area contributed by atoms with Crippen molar-refractivity contribution >= 4 is 5.78 Å². The van der Waals surface area contributed by atoms with E-state index in [2.05, 4.69) is 53.2 Å². The van der Waals surface area contributed by atoms with E-state index in [1.54, 1.807) is 4.68 Å². The van der Waals surface area contributed by atoms with Gasteiger partial charge >= 0.3 is 0 Å². The average Bonchev–Trinajstić information content (AvgIpc) is 2.98. The van der Waals surface area contributed by atoms with E-state index in [-0.39, 0.29) is 11.7 Å². The average molecular weight is 374 g/mol. The molecule has 0 spiro atoms. The lowest BCUT2D eigenvalue weighted by Crippen LogP contribution is -2.21. The van der Waals surface area contributed by atoms with Gasteiger partial charge in [-0.2, -0.15) is 5.10 Å². The van der Waals surface area contributed by atoms with E-state index in [0.717, 1.165) is 34.8 Å². The summed E-state index contributed by atoms with van der Waals surface area (Å²) < 4.78 is 1.78. The van der Waals surface area contributed by atoms with E-state index in [1.165, 1.54) is 11.1 Å². The van der Waals surface area contributed by atoms with Gasteiger partial charge in [0.2, 0.25) is 0 Å². The number of carbonyl (C=O) groups is 1. The summed E-state index contributed by atoms with van der Waals surface area (Å²) in [4.78, 5) is 22.1. The Kier molecular flexibility index (Phi) is 4.61. The van der Waals surface area contributed by atoms with Crippen LogP contribution in [-0.4, -0.2) is 25.5 Å². The highest BCUT2D eigenvalue weighted by atomic mass is 16.1. The maximum Gasteiger partial charge on any atom is 0.251 e. The Morgan fingerprint density at radius 3 is 2.25 bits per heavy atom. The molecule has 0 saturated carbocycles. The van der Waals surface area contributed by atoms with Crippen LogP contribution >= 0.6 is 0 Å². The van der Waals surface area contributed by atoms with Gasteiger partial charge in [-0.15, -0.1) is 0 Å². The maximum atomic E-state index is 12.9. The number of benzene rings is 1. The van der Waals surface area contributed by atoms with Crippen LogP contribution in [0, 0.1) is 20.8 Å². The highest BCUT2D eigenvalue weighted by molar-refractivity contribution is 6.00. The minimum Gasteiger partial charge on any atom is -0.294 e. The molecule has 0 bridgehead atoms. The minimum atomic E-state index is 0.155. The first-order valence-corrected chi connectivity index (χ1v) is 9.87. The molecule has 1 atom stereocenters. The molecule has 0 N–H and O–H groups in total. The zero-order chi connectivity index (χ0) is 20.0. The number of hydrogen-bond donors (Lipinski definition) is 0. The normalized spacial score (nSPS) is 16.5. The lowest BCUT2D eigenvalue weighted by molar-refractivity contribution is 0.0963. The molecule has 5 heteroatoms. The fourth-order valence-electron chi connectivity index (χ4n) is 4.11. The van der Waals surface area contributed by atoms with Gasteiger partial charge in [-0.25, -0.2) is 14.6 Å². The third-order valence-corrected chi connectivity index (χ3v) is 5.54. The molecule has 2 heterocycles. The van der Waals surface area contributed by atoms with Gasteiger partial charge in [-0.3, -0.25) is 4.79 Å². The van der Waals surface area contributed by atoms with Crippen molar-refractivity contribution < 1.29 is 4.79 Å². The number of hydrogen-bond acceptors (Lipinski definition) is 4. The third kappa shape index (κ3) is 3.26. The Bertz CT molecular complexity index is 1030. The molecular formula is C23H26N4O. The topological polar surface area (TPSA) is 60.7 Å². The predicted octanol–water partition coefficient (Wildman–Crippen LogP) is 4.62. The summed E-state index contributed by atoms with van der Waals surface area (Å²) in [6, 6.07) is 10.6. The molecule has 144 valence electrons. The van der Waals surface area contributed by atoms with E-state index in [4.69, 9.17) is 0 Å². The van der Waals surface area contributed by atoms with Crippen LogP contribution in [0.15, 0.2) is 30.3 Å². The molecular weight excluding hydrogens is 348 g/mol. The van der Waals surface area contributed by atoms with Gasteiger partial charge in [0.05, 0.1) is 17.0 Å². The summed E-state index contributed by atoms with van der Waals surface area (Å²) in [5, 5.41) is 4.63. The van der Waals surface area contributed by atoms with Crippen LogP contribution in [0.5, 0.6) is 0 Å². The van der Waals surface area contributed by atoms with Gasteiger partial charge in [0.1, 0.15) is 0 Å². The van der Waals surface area contributed by atoms with Crippen LogP contribution in [0.1, 0.15) is 76.4 Å². The summed E-state index contributed by atoms with van der Waals surface area (Å²) in [6.07, 6.45) is 1.29. The smallest absolute Gasteiger partial charge is 0.251 e.